The first-order chi connectivity index (χ1) is 7.58. The van der Waals surface area contributed by atoms with Crippen molar-refractivity contribution in [3.63, 3.8) is 0 Å². The lowest BCUT2D eigenvalue weighted by molar-refractivity contribution is 0.496. The Bertz CT molecular complexity index is 452. The van der Waals surface area contributed by atoms with Gasteiger partial charge in [-0.2, -0.15) is 0 Å². The van der Waals surface area contributed by atoms with Gasteiger partial charge in [-0.3, -0.25) is 0 Å². The summed E-state index contributed by atoms with van der Waals surface area (Å²) in [5, 5.41) is 2.85. The molecular formula is C9H13ClN2O2S2. The van der Waals surface area contributed by atoms with Crippen LogP contribution in [0, 0.1) is 0 Å². The number of hydrogen-bond acceptors (Lipinski definition) is 5. The van der Waals surface area contributed by atoms with Gasteiger partial charge in [0.25, 0.3) is 0 Å². The summed E-state index contributed by atoms with van der Waals surface area (Å²) < 4.78 is 24.5. The second-order valence-corrected chi connectivity index (χ2v) is 7.83. The number of hydrogen-bond donors (Lipinski definition) is 1. The van der Waals surface area contributed by atoms with Gasteiger partial charge in [-0.25, -0.2) is 13.4 Å². The molecule has 0 radical (unpaired) electrons. The fourth-order valence-electron chi connectivity index (χ4n) is 1.79. The number of rotatable bonds is 3. The number of nitrogens with one attached hydrogen (secondary N) is 1. The molecule has 0 spiro atoms. The van der Waals surface area contributed by atoms with E-state index in [1.807, 2.05) is 0 Å². The molecule has 1 aromatic heterocycles. The quantitative estimate of drug-likeness (QED) is 0.911. The van der Waals surface area contributed by atoms with Crippen LogP contribution < -0.4 is 5.32 Å². The maximum Gasteiger partial charge on any atom is 0.183 e. The summed E-state index contributed by atoms with van der Waals surface area (Å²) >= 11 is 6.91. The Morgan fingerprint density at radius 3 is 3.00 bits per heavy atom. The zero-order valence-corrected chi connectivity index (χ0v) is 11.0. The molecule has 7 heteroatoms. The van der Waals surface area contributed by atoms with Gasteiger partial charge in [0.05, 0.1) is 11.0 Å². The monoisotopic (exact) mass is 280 g/mol. The van der Waals surface area contributed by atoms with E-state index in [-0.39, 0.29) is 11.0 Å². The summed E-state index contributed by atoms with van der Waals surface area (Å²) in [6.45, 7) is 1.48. The van der Waals surface area contributed by atoms with Crippen molar-refractivity contribution in [1.29, 1.82) is 0 Å². The van der Waals surface area contributed by atoms with Crippen molar-refractivity contribution in [2.75, 3.05) is 13.1 Å². The van der Waals surface area contributed by atoms with Gasteiger partial charge in [0.15, 0.2) is 14.3 Å². The third-order valence-electron chi connectivity index (χ3n) is 2.63. The molecule has 0 aromatic carbocycles. The van der Waals surface area contributed by atoms with Gasteiger partial charge in [0, 0.05) is 17.6 Å². The molecule has 1 aromatic rings. The van der Waals surface area contributed by atoms with E-state index in [0.29, 0.717) is 11.0 Å². The number of aromatic nitrogens is 1. The molecule has 1 N–H and O–H groups in total. The molecule has 0 saturated carbocycles. The average Bonchev–Trinajstić information content (AvgIpc) is 2.64. The zero-order chi connectivity index (χ0) is 11.6. The average molecular weight is 281 g/mol. The summed E-state index contributed by atoms with van der Waals surface area (Å²) in [4.78, 5) is 4.57. The van der Waals surface area contributed by atoms with Crippen LogP contribution in [-0.2, 0) is 15.6 Å². The topological polar surface area (TPSA) is 59.1 Å². The van der Waals surface area contributed by atoms with Crippen molar-refractivity contribution in [3.8, 4) is 0 Å². The van der Waals surface area contributed by atoms with Crippen LogP contribution in [0.5, 0.6) is 0 Å². The fraction of sp³-hybridized carbons (Fsp3) is 0.667. The number of sulfone groups is 1. The number of thiazole rings is 1. The zero-order valence-electron chi connectivity index (χ0n) is 8.65. The molecule has 2 heterocycles. The van der Waals surface area contributed by atoms with Crippen molar-refractivity contribution in [2.45, 2.75) is 23.8 Å². The summed E-state index contributed by atoms with van der Waals surface area (Å²) in [5.41, 5.74) is 0. The third kappa shape index (κ3) is 2.94. The van der Waals surface area contributed by atoms with Gasteiger partial charge in [-0.05, 0) is 19.4 Å². The van der Waals surface area contributed by atoms with Crippen LogP contribution >= 0.6 is 22.9 Å². The van der Waals surface area contributed by atoms with E-state index in [4.69, 9.17) is 11.6 Å². The van der Waals surface area contributed by atoms with Crippen LogP contribution in [0.1, 0.15) is 17.7 Å². The third-order valence-corrected chi connectivity index (χ3v) is 6.06. The van der Waals surface area contributed by atoms with Crippen molar-refractivity contribution in [2.24, 2.45) is 0 Å². The Labute approximate surface area is 104 Å². The highest BCUT2D eigenvalue weighted by Gasteiger charge is 2.27. The molecule has 1 saturated heterocycles. The minimum absolute atomic E-state index is 0.0593. The van der Waals surface area contributed by atoms with E-state index in [2.05, 4.69) is 10.3 Å². The number of halogens is 1. The van der Waals surface area contributed by atoms with Gasteiger partial charge in [-0.1, -0.05) is 11.6 Å². The molecule has 1 atom stereocenters. The van der Waals surface area contributed by atoms with Crippen molar-refractivity contribution in [1.82, 2.24) is 10.3 Å². The van der Waals surface area contributed by atoms with E-state index in [1.54, 1.807) is 6.20 Å². The van der Waals surface area contributed by atoms with Crippen molar-refractivity contribution in [3.05, 3.63) is 15.5 Å². The van der Waals surface area contributed by atoms with Crippen molar-refractivity contribution < 1.29 is 8.42 Å². The first kappa shape index (κ1) is 12.3. The highest BCUT2D eigenvalue weighted by atomic mass is 35.5. The molecule has 16 heavy (non-hydrogen) atoms. The summed E-state index contributed by atoms with van der Waals surface area (Å²) in [6, 6.07) is 0. The van der Waals surface area contributed by atoms with Crippen LogP contribution in [-0.4, -0.2) is 31.7 Å². The fourth-order valence-corrected chi connectivity index (χ4v) is 4.90. The maximum absolute atomic E-state index is 12.1. The summed E-state index contributed by atoms with van der Waals surface area (Å²) in [7, 11) is -3.07. The van der Waals surface area contributed by atoms with E-state index in [9.17, 15) is 8.42 Å². The van der Waals surface area contributed by atoms with Crippen molar-refractivity contribution >= 4 is 32.8 Å². The van der Waals surface area contributed by atoms with E-state index in [1.165, 1.54) is 11.3 Å². The Kier molecular flexibility index (Phi) is 3.84. The minimum atomic E-state index is -3.07. The molecule has 1 fully saturated rings. The Balaban J connectivity index is 2.07. The highest BCUT2D eigenvalue weighted by Crippen LogP contribution is 2.23. The largest absolute Gasteiger partial charge is 0.315 e. The van der Waals surface area contributed by atoms with E-state index in [0.717, 1.165) is 24.3 Å². The Morgan fingerprint density at radius 2 is 2.44 bits per heavy atom. The van der Waals surface area contributed by atoms with Gasteiger partial charge in [0.1, 0.15) is 0 Å². The van der Waals surface area contributed by atoms with Crippen LogP contribution in [0.4, 0.5) is 0 Å². The van der Waals surface area contributed by atoms with Crippen LogP contribution in [0.2, 0.25) is 4.47 Å². The maximum atomic E-state index is 12.1. The molecule has 0 amide bonds. The lowest BCUT2D eigenvalue weighted by Gasteiger charge is -2.22. The molecule has 1 aliphatic heterocycles. The molecule has 0 bridgehead atoms. The minimum Gasteiger partial charge on any atom is -0.315 e. The Morgan fingerprint density at radius 1 is 1.62 bits per heavy atom. The standard InChI is InChI=1S/C9H13ClN2O2S2/c10-9-12-4-7(15-9)6-16(13,14)8-2-1-3-11-5-8/h4,8,11H,1-3,5-6H2/t8-/m0/s1. The Hall–Kier alpha value is -0.170. The molecule has 4 nitrogen and oxygen atoms in total. The summed E-state index contributed by atoms with van der Waals surface area (Å²) in [5.74, 6) is 0.0593. The van der Waals surface area contributed by atoms with Crippen LogP contribution in [0.15, 0.2) is 6.20 Å². The van der Waals surface area contributed by atoms with Crippen LogP contribution in [0.3, 0.4) is 0 Å². The van der Waals surface area contributed by atoms with Gasteiger partial charge >= 0.3 is 0 Å². The molecule has 0 aliphatic carbocycles. The molecule has 1 aliphatic rings. The number of piperidine rings is 1. The molecule has 0 unspecified atom stereocenters. The number of nitrogens with zero attached hydrogens (tertiary/aromatic N) is 1. The lowest BCUT2D eigenvalue weighted by atomic mass is 10.2. The van der Waals surface area contributed by atoms with E-state index >= 15 is 0 Å². The molecular weight excluding hydrogens is 268 g/mol. The molecule has 2 rings (SSSR count). The molecule has 90 valence electrons. The first-order valence-corrected chi connectivity index (χ1v) is 8.01. The predicted molar refractivity (Wildman–Crippen MR) is 65.6 cm³/mol. The first-order valence-electron chi connectivity index (χ1n) is 5.10. The predicted octanol–water partition coefficient (Wildman–Crippen LogP) is 1.46. The van der Waals surface area contributed by atoms with Gasteiger partial charge < -0.3 is 5.32 Å². The van der Waals surface area contributed by atoms with Gasteiger partial charge in [-0.15, -0.1) is 11.3 Å². The smallest absolute Gasteiger partial charge is 0.183 e. The van der Waals surface area contributed by atoms with Gasteiger partial charge in [0.2, 0.25) is 0 Å². The second kappa shape index (κ2) is 5.00. The van der Waals surface area contributed by atoms with Crippen LogP contribution in [0.25, 0.3) is 0 Å². The normalized spacial score (nSPS) is 22.2. The highest BCUT2D eigenvalue weighted by molar-refractivity contribution is 7.91. The lowest BCUT2D eigenvalue weighted by Crippen LogP contribution is -2.39. The summed E-state index contributed by atoms with van der Waals surface area (Å²) in [6.07, 6.45) is 3.22. The SMILES string of the molecule is O=S(=O)(Cc1cnc(Cl)s1)[C@H]1CCCNC1. The van der Waals surface area contributed by atoms with E-state index < -0.39 is 9.84 Å². The second-order valence-electron chi connectivity index (χ2n) is 3.86.